The molecule has 248 valence electrons. The van der Waals surface area contributed by atoms with Gasteiger partial charge in [-0.1, -0.05) is 184 Å². The van der Waals surface area contributed by atoms with Crippen LogP contribution in [-0.4, -0.2) is 13.2 Å². The van der Waals surface area contributed by atoms with Crippen molar-refractivity contribution in [3.8, 4) is 28.0 Å². The molecule has 0 aromatic heterocycles. The molecule has 0 saturated carbocycles. The summed E-state index contributed by atoms with van der Waals surface area (Å²) in [7, 11) is 0. The first-order valence-corrected chi connectivity index (χ1v) is 18.8. The standard InChI is InChI=1S/C43H64O2/c1-4-6-8-10-12-13-14-15-16-17-18-20-24-36-45-41-33-31-40(32-34-41)43-26-22-21-25-42(43)39-29-27-38(28-30-39)37(3)44-35-23-19-11-9-7-5-2/h21-22,25-34,37H,4-20,23-24,35-36H2,1-3H3. The minimum absolute atomic E-state index is 0.122. The van der Waals surface area contributed by atoms with Gasteiger partial charge < -0.3 is 9.47 Å². The fourth-order valence-corrected chi connectivity index (χ4v) is 6.20. The third kappa shape index (κ3) is 15.0. The highest BCUT2D eigenvalue weighted by Crippen LogP contribution is 2.34. The lowest BCUT2D eigenvalue weighted by atomic mass is 9.94. The molecule has 0 spiro atoms. The summed E-state index contributed by atoms with van der Waals surface area (Å²) >= 11 is 0. The summed E-state index contributed by atoms with van der Waals surface area (Å²) in [6.45, 7) is 8.38. The number of rotatable bonds is 26. The van der Waals surface area contributed by atoms with Gasteiger partial charge in [0.1, 0.15) is 5.75 Å². The molecule has 0 heterocycles. The fourth-order valence-electron chi connectivity index (χ4n) is 6.20. The molecule has 0 fully saturated rings. The maximum absolute atomic E-state index is 6.15. The van der Waals surface area contributed by atoms with E-state index in [1.165, 1.54) is 137 Å². The Hall–Kier alpha value is -2.58. The molecule has 0 aliphatic heterocycles. The zero-order chi connectivity index (χ0) is 31.8. The number of benzene rings is 3. The first kappa shape index (κ1) is 36.9. The monoisotopic (exact) mass is 612 g/mol. The Morgan fingerprint density at radius 3 is 1.31 bits per heavy atom. The third-order valence-electron chi connectivity index (χ3n) is 9.17. The molecular formula is C43H64O2. The maximum Gasteiger partial charge on any atom is 0.119 e. The van der Waals surface area contributed by atoms with Crippen LogP contribution in [-0.2, 0) is 4.74 Å². The highest BCUT2D eigenvalue weighted by Gasteiger charge is 2.10. The van der Waals surface area contributed by atoms with E-state index in [-0.39, 0.29) is 6.10 Å². The van der Waals surface area contributed by atoms with Crippen LogP contribution in [0.2, 0.25) is 0 Å². The van der Waals surface area contributed by atoms with Gasteiger partial charge in [-0.2, -0.15) is 0 Å². The second-order valence-electron chi connectivity index (χ2n) is 13.1. The molecule has 1 atom stereocenters. The largest absolute Gasteiger partial charge is 0.494 e. The smallest absolute Gasteiger partial charge is 0.119 e. The summed E-state index contributed by atoms with van der Waals surface area (Å²) in [6.07, 6.45) is 25.7. The van der Waals surface area contributed by atoms with Crippen molar-refractivity contribution in [3.63, 3.8) is 0 Å². The van der Waals surface area contributed by atoms with Crippen LogP contribution in [0.15, 0.2) is 72.8 Å². The Balaban J connectivity index is 1.36. The van der Waals surface area contributed by atoms with E-state index in [9.17, 15) is 0 Å². The van der Waals surface area contributed by atoms with Crippen LogP contribution in [0, 0.1) is 0 Å². The summed E-state index contributed by atoms with van der Waals surface area (Å²) in [6, 6.07) is 26.3. The van der Waals surface area contributed by atoms with Crippen LogP contribution in [0.5, 0.6) is 5.75 Å². The summed E-state index contributed by atoms with van der Waals surface area (Å²) in [5, 5.41) is 0. The molecule has 0 N–H and O–H groups in total. The van der Waals surface area contributed by atoms with Crippen LogP contribution in [0.4, 0.5) is 0 Å². The van der Waals surface area contributed by atoms with Crippen molar-refractivity contribution < 1.29 is 9.47 Å². The molecule has 3 aromatic carbocycles. The van der Waals surface area contributed by atoms with Gasteiger partial charge in [-0.05, 0) is 59.7 Å². The van der Waals surface area contributed by atoms with E-state index in [0.717, 1.165) is 31.8 Å². The molecule has 1 unspecified atom stereocenters. The van der Waals surface area contributed by atoms with Crippen molar-refractivity contribution in [3.05, 3.63) is 78.4 Å². The van der Waals surface area contributed by atoms with E-state index in [1.54, 1.807) is 0 Å². The van der Waals surface area contributed by atoms with Gasteiger partial charge in [-0.25, -0.2) is 0 Å². The summed E-state index contributed by atoms with van der Waals surface area (Å²) in [5.74, 6) is 0.967. The minimum atomic E-state index is 0.122. The van der Waals surface area contributed by atoms with Crippen LogP contribution in [0.1, 0.15) is 154 Å². The highest BCUT2D eigenvalue weighted by molar-refractivity contribution is 5.83. The van der Waals surface area contributed by atoms with Gasteiger partial charge in [0.15, 0.2) is 0 Å². The lowest BCUT2D eigenvalue weighted by molar-refractivity contribution is 0.0627. The first-order chi connectivity index (χ1) is 22.2. The lowest BCUT2D eigenvalue weighted by Crippen LogP contribution is -2.02. The second kappa shape index (κ2) is 23.7. The van der Waals surface area contributed by atoms with Crippen molar-refractivity contribution in [1.82, 2.24) is 0 Å². The maximum atomic E-state index is 6.15. The normalized spacial score (nSPS) is 12.0. The van der Waals surface area contributed by atoms with E-state index >= 15 is 0 Å². The average Bonchev–Trinajstić information content (AvgIpc) is 3.08. The summed E-state index contributed by atoms with van der Waals surface area (Å²) in [4.78, 5) is 0. The Morgan fingerprint density at radius 1 is 0.444 bits per heavy atom. The van der Waals surface area contributed by atoms with Gasteiger partial charge in [0.05, 0.1) is 12.7 Å². The summed E-state index contributed by atoms with van der Waals surface area (Å²) < 4.78 is 12.2. The minimum Gasteiger partial charge on any atom is -0.494 e. The van der Waals surface area contributed by atoms with Gasteiger partial charge in [0, 0.05) is 6.61 Å². The van der Waals surface area contributed by atoms with E-state index in [0.29, 0.717) is 0 Å². The predicted molar refractivity (Wildman–Crippen MR) is 196 cm³/mol. The van der Waals surface area contributed by atoms with E-state index in [2.05, 4.69) is 93.6 Å². The van der Waals surface area contributed by atoms with Gasteiger partial charge in [0.25, 0.3) is 0 Å². The quantitative estimate of drug-likeness (QED) is 0.0840. The van der Waals surface area contributed by atoms with Crippen LogP contribution in [0.25, 0.3) is 22.3 Å². The third-order valence-corrected chi connectivity index (χ3v) is 9.17. The molecule has 0 bridgehead atoms. The van der Waals surface area contributed by atoms with Crippen LogP contribution >= 0.6 is 0 Å². The van der Waals surface area contributed by atoms with Crippen LogP contribution < -0.4 is 4.74 Å². The number of hydrogen-bond donors (Lipinski definition) is 0. The molecule has 0 aliphatic rings. The van der Waals surface area contributed by atoms with Gasteiger partial charge in [-0.3, -0.25) is 0 Å². The van der Waals surface area contributed by atoms with Crippen molar-refractivity contribution in [1.29, 1.82) is 0 Å². The molecule has 2 heteroatoms. The molecule has 45 heavy (non-hydrogen) atoms. The zero-order valence-corrected chi connectivity index (χ0v) is 29.2. The topological polar surface area (TPSA) is 18.5 Å². The molecule has 0 radical (unpaired) electrons. The van der Waals surface area contributed by atoms with Gasteiger partial charge in [-0.15, -0.1) is 0 Å². The van der Waals surface area contributed by atoms with E-state index < -0.39 is 0 Å². The van der Waals surface area contributed by atoms with Gasteiger partial charge in [0.2, 0.25) is 0 Å². The fraction of sp³-hybridized carbons (Fsp3) is 0.581. The van der Waals surface area contributed by atoms with E-state index in [1.807, 2.05) is 0 Å². The van der Waals surface area contributed by atoms with Crippen molar-refractivity contribution in [2.24, 2.45) is 0 Å². The van der Waals surface area contributed by atoms with Crippen molar-refractivity contribution in [2.75, 3.05) is 13.2 Å². The van der Waals surface area contributed by atoms with Gasteiger partial charge >= 0.3 is 0 Å². The number of unbranched alkanes of at least 4 members (excludes halogenated alkanes) is 17. The molecule has 0 saturated heterocycles. The zero-order valence-electron chi connectivity index (χ0n) is 29.2. The molecule has 3 aromatic rings. The molecule has 0 aliphatic carbocycles. The number of hydrogen-bond acceptors (Lipinski definition) is 2. The average molecular weight is 613 g/mol. The Morgan fingerprint density at radius 2 is 0.844 bits per heavy atom. The molecule has 0 amide bonds. The Bertz CT molecular complexity index is 1120. The molecule has 2 nitrogen and oxygen atoms in total. The highest BCUT2D eigenvalue weighted by atomic mass is 16.5. The number of ether oxygens (including phenoxy) is 2. The lowest BCUT2D eigenvalue weighted by Gasteiger charge is -2.15. The SMILES string of the molecule is CCCCCCCCCCCCCCCOc1ccc(-c2ccccc2-c2ccc(C(C)OCCCCCCCC)cc2)cc1. The van der Waals surface area contributed by atoms with E-state index in [4.69, 9.17) is 9.47 Å². The predicted octanol–water partition coefficient (Wildman–Crippen LogP) is 13.9. The Kier molecular flexibility index (Phi) is 19.4. The Labute approximate surface area is 277 Å². The van der Waals surface area contributed by atoms with Crippen molar-refractivity contribution >= 4 is 0 Å². The molecule has 3 rings (SSSR count). The second-order valence-corrected chi connectivity index (χ2v) is 13.1. The van der Waals surface area contributed by atoms with Crippen LogP contribution in [0.3, 0.4) is 0 Å². The summed E-state index contributed by atoms with van der Waals surface area (Å²) in [5.41, 5.74) is 6.21. The first-order valence-electron chi connectivity index (χ1n) is 18.8. The van der Waals surface area contributed by atoms with Crippen molar-refractivity contribution in [2.45, 2.75) is 149 Å². The molecular weight excluding hydrogens is 548 g/mol.